The molecule has 0 saturated heterocycles. The van der Waals surface area contributed by atoms with Gasteiger partial charge in [-0.05, 0) is 51.5 Å². The number of benzene rings is 2. The zero-order chi connectivity index (χ0) is 15.6. The van der Waals surface area contributed by atoms with Crippen molar-refractivity contribution in [2.75, 3.05) is 5.32 Å². The van der Waals surface area contributed by atoms with Crippen LogP contribution in [0.1, 0.15) is 44.9 Å². The lowest BCUT2D eigenvalue weighted by Gasteiger charge is -2.21. The molecule has 2 aromatic rings. The van der Waals surface area contributed by atoms with E-state index in [0.717, 1.165) is 15.2 Å². The highest BCUT2D eigenvalue weighted by atomic mass is 79.9. The van der Waals surface area contributed by atoms with Crippen molar-refractivity contribution in [2.24, 2.45) is 0 Å². The minimum atomic E-state index is 0.186. The van der Waals surface area contributed by atoms with Crippen molar-refractivity contribution in [1.82, 2.24) is 0 Å². The average molecular weight is 367 g/mol. The molecule has 0 aromatic heterocycles. The maximum absolute atomic E-state index is 6.13. The molecule has 0 radical (unpaired) electrons. The number of anilines is 1. The van der Waals surface area contributed by atoms with Crippen LogP contribution >= 0.6 is 27.5 Å². The summed E-state index contributed by atoms with van der Waals surface area (Å²) >= 11 is 9.65. The SMILES string of the molecule is CC(Nc1cccc(Cl)c1Br)c1ccc(C(C)(C)C)cc1. The van der Waals surface area contributed by atoms with E-state index in [1.807, 2.05) is 18.2 Å². The lowest BCUT2D eigenvalue weighted by molar-refractivity contribution is 0.589. The summed E-state index contributed by atoms with van der Waals surface area (Å²) in [4.78, 5) is 0. The van der Waals surface area contributed by atoms with E-state index in [9.17, 15) is 0 Å². The van der Waals surface area contributed by atoms with Crippen LogP contribution in [0.4, 0.5) is 5.69 Å². The summed E-state index contributed by atoms with van der Waals surface area (Å²) in [6, 6.07) is 14.9. The van der Waals surface area contributed by atoms with E-state index in [0.29, 0.717) is 0 Å². The van der Waals surface area contributed by atoms with Crippen LogP contribution in [0.2, 0.25) is 5.02 Å². The molecule has 1 unspecified atom stereocenters. The van der Waals surface area contributed by atoms with Gasteiger partial charge in [-0.15, -0.1) is 0 Å². The Morgan fingerprint density at radius 3 is 2.24 bits per heavy atom. The van der Waals surface area contributed by atoms with Crippen LogP contribution in [0.25, 0.3) is 0 Å². The van der Waals surface area contributed by atoms with Gasteiger partial charge < -0.3 is 5.32 Å². The van der Waals surface area contributed by atoms with Crippen LogP contribution in [0.15, 0.2) is 46.9 Å². The summed E-state index contributed by atoms with van der Waals surface area (Å²) in [6.07, 6.45) is 0. The molecular weight excluding hydrogens is 346 g/mol. The van der Waals surface area contributed by atoms with Gasteiger partial charge in [-0.3, -0.25) is 0 Å². The molecule has 0 fully saturated rings. The fraction of sp³-hybridized carbons (Fsp3) is 0.333. The zero-order valence-electron chi connectivity index (χ0n) is 12.9. The van der Waals surface area contributed by atoms with Crippen molar-refractivity contribution in [2.45, 2.75) is 39.2 Å². The molecule has 112 valence electrons. The molecule has 0 spiro atoms. The molecule has 1 atom stereocenters. The smallest absolute Gasteiger partial charge is 0.0593 e. The molecule has 0 aliphatic rings. The lowest BCUT2D eigenvalue weighted by atomic mass is 9.86. The predicted molar refractivity (Wildman–Crippen MR) is 96.3 cm³/mol. The first kappa shape index (κ1) is 16.4. The van der Waals surface area contributed by atoms with Crippen LogP contribution < -0.4 is 5.32 Å². The topological polar surface area (TPSA) is 12.0 Å². The second-order valence-corrected chi connectivity index (χ2v) is 7.54. The largest absolute Gasteiger partial charge is 0.378 e. The fourth-order valence-electron chi connectivity index (χ4n) is 2.20. The lowest BCUT2D eigenvalue weighted by Crippen LogP contribution is -2.12. The second kappa shape index (κ2) is 6.41. The third-order valence-electron chi connectivity index (χ3n) is 3.60. The molecule has 21 heavy (non-hydrogen) atoms. The van der Waals surface area contributed by atoms with E-state index in [1.165, 1.54) is 11.1 Å². The molecular formula is C18H21BrClN. The monoisotopic (exact) mass is 365 g/mol. The first-order chi connectivity index (χ1) is 9.79. The van der Waals surface area contributed by atoms with Gasteiger partial charge in [-0.2, -0.15) is 0 Å². The first-order valence-electron chi connectivity index (χ1n) is 7.10. The first-order valence-corrected chi connectivity index (χ1v) is 8.27. The van der Waals surface area contributed by atoms with Crippen LogP contribution in [0.5, 0.6) is 0 Å². The van der Waals surface area contributed by atoms with Crippen molar-refractivity contribution >= 4 is 33.2 Å². The Hall–Kier alpha value is -0.990. The highest BCUT2D eigenvalue weighted by Crippen LogP contribution is 2.32. The Morgan fingerprint density at radius 2 is 1.67 bits per heavy atom. The molecule has 0 aliphatic carbocycles. The Morgan fingerprint density at radius 1 is 1.05 bits per heavy atom. The van der Waals surface area contributed by atoms with Gasteiger partial charge in [0.15, 0.2) is 0 Å². The minimum absolute atomic E-state index is 0.186. The van der Waals surface area contributed by atoms with Gasteiger partial charge >= 0.3 is 0 Å². The number of hydrogen-bond donors (Lipinski definition) is 1. The molecule has 2 rings (SSSR count). The van der Waals surface area contributed by atoms with Gasteiger partial charge in [-0.25, -0.2) is 0 Å². The average Bonchev–Trinajstić information content (AvgIpc) is 2.43. The van der Waals surface area contributed by atoms with E-state index in [2.05, 4.69) is 73.2 Å². The van der Waals surface area contributed by atoms with Crippen molar-refractivity contribution in [3.63, 3.8) is 0 Å². The van der Waals surface area contributed by atoms with E-state index in [1.54, 1.807) is 0 Å². The summed E-state index contributed by atoms with van der Waals surface area (Å²) in [5.41, 5.74) is 3.80. The third-order valence-corrected chi connectivity index (χ3v) is 5.00. The highest BCUT2D eigenvalue weighted by Gasteiger charge is 2.14. The number of nitrogens with one attached hydrogen (secondary N) is 1. The summed E-state index contributed by atoms with van der Waals surface area (Å²) in [5.74, 6) is 0. The van der Waals surface area contributed by atoms with Crippen LogP contribution in [-0.2, 0) is 5.41 Å². The maximum Gasteiger partial charge on any atom is 0.0593 e. The molecule has 0 heterocycles. The Balaban J connectivity index is 2.17. The summed E-state index contributed by atoms with van der Waals surface area (Å²) in [6.45, 7) is 8.84. The third kappa shape index (κ3) is 4.02. The molecule has 3 heteroatoms. The molecule has 0 bridgehead atoms. The molecule has 0 saturated carbocycles. The van der Waals surface area contributed by atoms with Crippen molar-refractivity contribution in [3.8, 4) is 0 Å². The predicted octanol–water partition coefficient (Wildman–Crippen LogP) is 6.57. The molecule has 1 N–H and O–H groups in total. The summed E-state index contributed by atoms with van der Waals surface area (Å²) in [5, 5.41) is 4.21. The quantitative estimate of drug-likeness (QED) is 0.647. The van der Waals surface area contributed by atoms with Gasteiger partial charge in [0, 0.05) is 6.04 Å². The van der Waals surface area contributed by atoms with E-state index in [4.69, 9.17) is 11.6 Å². The minimum Gasteiger partial charge on any atom is -0.378 e. The Bertz CT molecular complexity index is 614. The normalized spacial score (nSPS) is 13.0. The molecule has 0 amide bonds. The van der Waals surface area contributed by atoms with Crippen LogP contribution in [-0.4, -0.2) is 0 Å². The fourth-order valence-corrected chi connectivity index (χ4v) is 2.76. The maximum atomic E-state index is 6.13. The van der Waals surface area contributed by atoms with E-state index >= 15 is 0 Å². The van der Waals surface area contributed by atoms with Gasteiger partial charge in [0.05, 0.1) is 15.2 Å². The van der Waals surface area contributed by atoms with Gasteiger partial charge in [0.2, 0.25) is 0 Å². The van der Waals surface area contributed by atoms with E-state index in [-0.39, 0.29) is 11.5 Å². The second-order valence-electron chi connectivity index (χ2n) is 6.34. The molecule has 2 aromatic carbocycles. The number of rotatable bonds is 3. The summed E-state index contributed by atoms with van der Waals surface area (Å²) < 4.78 is 0.907. The van der Waals surface area contributed by atoms with Crippen molar-refractivity contribution in [1.29, 1.82) is 0 Å². The molecule has 0 aliphatic heterocycles. The van der Waals surface area contributed by atoms with Gasteiger partial charge in [-0.1, -0.05) is 62.7 Å². The van der Waals surface area contributed by atoms with Crippen molar-refractivity contribution < 1.29 is 0 Å². The summed E-state index contributed by atoms with van der Waals surface area (Å²) in [7, 11) is 0. The Labute approximate surface area is 140 Å². The van der Waals surface area contributed by atoms with Crippen molar-refractivity contribution in [3.05, 3.63) is 63.1 Å². The number of hydrogen-bond acceptors (Lipinski definition) is 1. The van der Waals surface area contributed by atoms with Gasteiger partial charge in [0.1, 0.15) is 0 Å². The standard InChI is InChI=1S/C18H21BrClN/c1-12(21-16-7-5-6-15(20)17(16)19)13-8-10-14(11-9-13)18(2,3)4/h5-12,21H,1-4H3. The number of halogens is 2. The Kier molecular flexibility index (Phi) is 5.00. The molecule has 1 nitrogen and oxygen atoms in total. The van der Waals surface area contributed by atoms with Crippen LogP contribution in [0, 0.1) is 0 Å². The highest BCUT2D eigenvalue weighted by molar-refractivity contribution is 9.10. The van der Waals surface area contributed by atoms with Gasteiger partial charge in [0.25, 0.3) is 0 Å². The zero-order valence-corrected chi connectivity index (χ0v) is 15.2. The van der Waals surface area contributed by atoms with E-state index < -0.39 is 0 Å². The van der Waals surface area contributed by atoms with Crippen LogP contribution in [0.3, 0.4) is 0 Å².